The van der Waals surface area contributed by atoms with Crippen molar-refractivity contribution in [2.24, 2.45) is 5.92 Å². The van der Waals surface area contributed by atoms with Crippen molar-refractivity contribution in [2.75, 3.05) is 13.2 Å². The Labute approximate surface area is 324 Å². The number of carbonyl (C=O) groups excluding carboxylic acids is 5. The maximum atomic E-state index is 13.9. The van der Waals surface area contributed by atoms with Gasteiger partial charge >= 0.3 is 6.09 Å². The molecular formula is C42H57N5O8. The first-order chi connectivity index (χ1) is 26.1. The molecule has 5 N–H and O–H groups in total. The third-order valence-corrected chi connectivity index (χ3v) is 8.09. The van der Waals surface area contributed by atoms with E-state index in [4.69, 9.17) is 14.2 Å². The summed E-state index contributed by atoms with van der Waals surface area (Å²) in [7, 11) is 0. The van der Waals surface area contributed by atoms with Gasteiger partial charge in [-0.1, -0.05) is 86.6 Å². The zero-order valence-corrected chi connectivity index (χ0v) is 33.0. The molecule has 0 aliphatic carbocycles. The van der Waals surface area contributed by atoms with Gasteiger partial charge in [-0.3, -0.25) is 19.2 Å². The van der Waals surface area contributed by atoms with Crippen LogP contribution in [0.5, 0.6) is 5.75 Å². The van der Waals surface area contributed by atoms with Crippen molar-refractivity contribution >= 4 is 29.7 Å². The summed E-state index contributed by atoms with van der Waals surface area (Å²) in [6.07, 6.45) is -0.402. The lowest BCUT2D eigenvalue weighted by molar-refractivity contribution is -0.134. The van der Waals surface area contributed by atoms with Gasteiger partial charge in [0.05, 0.1) is 13.2 Å². The Balaban J connectivity index is 1.81. The molecule has 5 amide bonds. The van der Waals surface area contributed by atoms with Gasteiger partial charge in [-0.2, -0.15) is 0 Å². The number of alkyl carbamates (subject to hydrolysis) is 1. The van der Waals surface area contributed by atoms with Crippen LogP contribution in [0.2, 0.25) is 0 Å². The van der Waals surface area contributed by atoms with Crippen LogP contribution in [-0.2, 0) is 48.3 Å². The molecule has 298 valence electrons. The highest BCUT2D eigenvalue weighted by molar-refractivity contribution is 5.95. The highest BCUT2D eigenvalue weighted by Crippen LogP contribution is 2.16. The first-order valence-electron chi connectivity index (χ1n) is 18.7. The van der Waals surface area contributed by atoms with Crippen molar-refractivity contribution in [3.05, 3.63) is 102 Å². The number of amides is 5. The van der Waals surface area contributed by atoms with Gasteiger partial charge in [0.1, 0.15) is 42.1 Å². The van der Waals surface area contributed by atoms with E-state index in [1.165, 1.54) is 6.92 Å². The molecule has 55 heavy (non-hydrogen) atoms. The van der Waals surface area contributed by atoms with Gasteiger partial charge in [-0.15, -0.1) is 0 Å². The number of hydrogen-bond acceptors (Lipinski definition) is 8. The SMILES string of the molecule is CCNC(=O)[C@H](CC(C)C)NC(=O)[C@@H](C)NC(=O)[C@H](Cc1ccc(OCc2ccccc2)cc1)NC(=O)[C@H](COCc1ccccc1)NC(=O)OC(C)(C)C. The summed E-state index contributed by atoms with van der Waals surface area (Å²) in [6, 6.07) is 21.9. The molecule has 0 aliphatic heterocycles. The third-order valence-electron chi connectivity index (χ3n) is 8.09. The maximum absolute atomic E-state index is 13.9. The number of nitrogens with one attached hydrogen (secondary N) is 5. The number of benzene rings is 3. The fraction of sp³-hybridized carbons (Fsp3) is 0.452. The van der Waals surface area contributed by atoms with Crippen molar-refractivity contribution in [1.29, 1.82) is 0 Å². The van der Waals surface area contributed by atoms with Gasteiger partial charge in [0.25, 0.3) is 0 Å². The van der Waals surface area contributed by atoms with Crippen LogP contribution < -0.4 is 31.3 Å². The smallest absolute Gasteiger partial charge is 0.408 e. The molecule has 0 spiro atoms. The molecule has 0 saturated heterocycles. The summed E-state index contributed by atoms with van der Waals surface area (Å²) in [6.45, 7) is 13.0. The summed E-state index contributed by atoms with van der Waals surface area (Å²) in [5, 5.41) is 13.5. The summed E-state index contributed by atoms with van der Waals surface area (Å²) in [5.74, 6) is -1.50. The van der Waals surface area contributed by atoms with E-state index >= 15 is 0 Å². The fourth-order valence-electron chi connectivity index (χ4n) is 5.36. The minimum atomic E-state index is -1.24. The standard InChI is InChI=1S/C42H57N5O8/c1-8-43-38(49)34(23-28(2)3)45-37(48)29(4)44-39(50)35(24-30-19-21-33(22-20-30)54-26-32-17-13-10-14-18-32)46-40(51)36(47-41(52)55-42(5,6)7)27-53-25-31-15-11-9-12-16-31/h9-22,28-29,34-36H,8,23-27H2,1-7H3,(H,43,49)(H,44,50)(H,45,48)(H,46,51)(H,47,52)/t29-,34+,35+,36+/m1/s1. The van der Waals surface area contributed by atoms with Crippen molar-refractivity contribution < 1.29 is 38.2 Å². The van der Waals surface area contributed by atoms with Crippen LogP contribution in [0.15, 0.2) is 84.9 Å². The largest absolute Gasteiger partial charge is 0.489 e. The zero-order chi connectivity index (χ0) is 40.4. The average Bonchev–Trinajstić information content (AvgIpc) is 3.13. The van der Waals surface area contributed by atoms with E-state index in [2.05, 4.69) is 26.6 Å². The molecule has 0 bridgehead atoms. The first-order valence-corrected chi connectivity index (χ1v) is 18.7. The molecule has 0 aliphatic rings. The maximum Gasteiger partial charge on any atom is 0.408 e. The highest BCUT2D eigenvalue weighted by Gasteiger charge is 2.31. The van der Waals surface area contributed by atoms with E-state index in [0.717, 1.165) is 11.1 Å². The molecule has 0 aromatic heterocycles. The van der Waals surface area contributed by atoms with Gasteiger partial charge in [-0.05, 0) is 75.8 Å². The second-order valence-electron chi connectivity index (χ2n) is 14.7. The lowest BCUT2D eigenvalue weighted by Crippen LogP contribution is -2.59. The monoisotopic (exact) mass is 759 g/mol. The van der Waals surface area contributed by atoms with Crippen LogP contribution in [0.25, 0.3) is 0 Å². The summed E-state index contributed by atoms with van der Waals surface area (Å²) < 4.78 is 17.2. The number of carbonyl (C=O) groups is 5. The zero-order valence-electron chi connectivity index (χ0n) is 33.0. The Morgan fingerprint density at radius 1 is 0.618 bits per heavy atom. The van der Waals surface area contributed by atoms with E-state index in [1.54, 1.807) is 52.0 Å². The van der Waals surface area contributed by atoms with Gasteiger partial charge < -0.3 is 40.8 Å². The van der Waals surface area contributed by atoms with E-state index in [9.17, 15) is 24.0 Å². The van der Waals surface area contributed by atoms with Gasteiger partial charge in [0, 0.05) is 13.0 Å². The van der Waals surface area contributed by atoms with Crippen molar-refractivity contribution in [3.63, 3.8) is 0 Å². The minimum absolute atomic E-state index is 0.0315. The predicted octanol–water partition coefficient (Wildman–Crippen LogP) is 4.57. The van der Waals surface area contributed by atoms with E-state index in [1.807, 2.05) is 74.5 Å². The fourth-order valence-corrected chi connectivity index (χ4v) is 5.36. The molecule has 0 heterocycles. The number of likely N-dealkylation sites (N-methyl/N-ethyl adjacent to an activating group) is 1. The molecule has 3 rings (SSSR count). The molecule has 0 fully saturated rings. The Bertz CT molecular complexity index is 1660. The minimum Gasteiger partial charge on any atom is -0.489 e. The second kappa shape index (κ2) is 22.1. The Kier molecular flexibility index (Phi) is 17.6. The van der Waals surface area contributed by atoms with Gasteiger partial charge in [0.15, 0.2) is 0 Å². The number of hydrogen-bond donors (Lipinski definition) is 5. The van der Waals surface area contributed by atoms with Crippen LogP contribution in [-0.4, -0.2) is 72.6 Å². The van der Waals surface area contributed by atoms with Crippen LogP contribution in [0.1, 0.15) is 71.6 Å². The van der Waals surface area contributed by atoms with Crippen LogP contribution in [0.3, 0.4) is 0 Å². The number of rotatable bonds is 20. The molecule has 3 aromatic carbocycles. The number of ether oxygens (including phenoxy) is 3. The van der Waals surface area contributed by atoms with Crippen LogP contribution in [0.4, 0.5) is 4.79 Å². The molecule has 3 aromatic rings. The summed E-state index contributed by atoms with van der Waals surface area (Å²) in [4.78, 5) is 66.6. The van der Waals surface area contributed by atoms with Crippen molar-refractivity contribution in [3.8, 4) is 5.75 Å². The molecule has 4 atom stereocenters. The Hall–Kier alpha value is -5.43. The molecule has 13 nitrogen and oxygen atoms in total. The quantitative estimate of drug-likeness (QED) is 0.111. The normalized spacial score (nSPS) is 13.4. The Morgan fingerprint density at radius 3 is 1.75 bits per heavy atom. The molecular weight excluding hydrogens is 702 g/mol. The average molecular weight is 760 g/mol. The summed E-state index contributed by atoms with van der Waals surface area (Å²) >= 11 is 0. The topological polar surface area (TPSA) is 173 Å². The predicted molar refractivity (Wildman–Crippen MR) is 210 cm³/mol. The van der Waals surface area contributed by atoms with Crippen LogP contribution >= 0.6 is 0 Å². The van der Waals surface area contributed by atoms with E-state index < -0.39 is 53.6 Å². The second-order valence-corrected chi connectivity index (χ2v) is 14.7. The Morgan fingerprint density at radius 2 is 1.18 bits per heavy atom. The van der Waals surface area contributed by atoms with Crippen molar-refractivity contribution in [2.45, 2.75) is 104 Å². The third kappa shape index (κ3) is 16.6. The molecule has 0 radical (unpaired) electrons. The molecule has 0 unspecified atom stereocenters. The van der Waals surface area contributed by atoms with E-state index in [0.29, 0.717) is 30.9 Å². The highest BCUT2D eigenvalue weighted by atomic mass is 16.6. The first kappa shape index (κ1) is 44.0. The lowest BCUT2D eigenvalue weighted by atomic mass is 10.0. The van der Waals surface area contributed by atoms with E-state index in [-0.39, 0.29) is 31.5 Å². The van der Waals surface area contributed by atoms with Gasteiger partial charge in [-0.25, -0.2) is 4.79 Å². The van der Waals surface area contributed by atoms with Crippen molar-refractivity contribution in [1.82, 2.24) is 26.6 Å². The lowest BCUT2D eigenvalue weighted by Gasteiger charge is -2.26. The summed E-state index contributed by atoms with van der Waals surface area (Å²) in [5.41, 5.74) is 1.72. The molecule has 13 heteroatoms. The molecule has 0 saturated carbocycles. The van der Waals surface area contributed by atoms with Crippen LogP contribution in [0, 0.1) is 5.92 Å². The van der Waals surface area contributed by atoms with Gasteiger partial charge in [0.2, 0.25) is 23.6 Å².